The lowest BCUT2D eigenvalue weighted by atomic mass is 10.2. The van der Waals surface area contributed by atoms with E-state index in [1.807, 2.05) is 42.9 Å². The lowest BCUT2D eigenvalue weighted by molar-refractivity contribution is 0.126. The van der Waals surface area contributed by atoms with E-state index in [0.717, 1.165) is 11.5 Å². The van der Waals surface area contributed by atoms with Crippen LogP contribution in [0.15, 0.2) is 53.7 Å². The van der Waals surface area contributed by atoms with Crippen molar-refractivity contribution in [1.82, 2.24) is 19.7 Å². The Bertz CT molecular complexity index is 1030. The third kappa shape index (κ3) is 5.99. The minimum atomic E-state index is -0.703. The lowest BCUT2D eigenvalue weighted by Gasteiger charge is -2.20. The molecular formula is C22H24ClN5O2S. The van der Waals surface area contributed by atoms with Gasteiger partial charge in [0.15, 0.2) is 11.0 Å². The second kappa shape index (κ2) is 10.6. The minimum Gasteiger partial charge on any atom is -0.491 e. The van der Waals surface area contributed by atoms with Crippen LogP contribution in [0.3, 0.4) is 0 Å². The highest BCUT2D eigenvalue weighted by Crippen LogP contribution is 2.28. The molecule has 0 bridgehead atoms. The number of aliphatic hydroxyl groups excluding tert-OH is 1. The summed E-state index contributed by atoms with van der Waals surface area (Å²) in [4.78, 5) is 2.06. The Labute approximate surface area is 191 Å². The number of benzene rings is 2. The van der Waals surface area contributed by atoms with E-state index in [0.29, 0.717) is 27.2 Å². The van der Waals surface area contributed by atoms with Crippen LogP contribution in [0.5, 0.6) is 5.75 Å². The second-order valence-electron chi connectivity index (χ2n) is 7.20. The van der Waals surface area contributed by atoms with Gasteiger partial charge in [0, 0.05) is 16.5 Å². The monoisotopic (exact) mass is 457 g/mol. The van der Waals surface area contributed by atoms with Gasteiger partial charge in [0.2, 0.25) is 0 Å². The molecule has 1 N–H and O–H groups in total. The number of hydrogen-bond acceptors (Lipinski definition) is 7. The van der Waals surface area contributed by atoms with Crippen LogP contribution in [-0.2, 0) is 0 Å². The number of aromatic nitrogens is 3. The van der Waals surface area contributed by atoms with Crippen LogP contribution in [0.4, 0.5) is 0 Å². The average molecular weight is 458 g/mol. The molecular weight excluding hydrogens is 434 g/mol. The molecule has 2 atom stereocenters. The van der Waals surface area contributed by atoms with E-state index < -0.39 is 6.10 Å². The van der Waals surface area contributed by atoms with Crippen LogP contribution in [0.1, 0.15) is 24.4 Å². The van der Waals surface area contributed by atoms with E-state index in [-0.39, 0.29) is 12.6 Å². The summed E-state index contributed by atoms with van der Waals surface area (Å²) in [6.07, 6.45) is -0.703. The number of ether oxygens (including phenoxy) is 1. The number of halogens is 1. The van der Waals surface area contributed by atoms with E-state index in [1.165, 1.54) is 11.8 Å². The van der Waals surface area contributed by atoms with Crippen molar-refractivity contribution in [3.05, 3.63) is 64.9 Å². The fourth-order valence-electron chi connectivity index (χ4n) is 2.75. The summed E-state index contributed by atoms with van der Waals surface area (Å²) >= 11 is 7.46. The quantitative estimate of drug-likeness (QED) is 0.487. The summed E-state index contributed by atoms with van der Waals surface area (Å²) in [7, 11) is 3.98. The Morgan fingerprint density at radius 1 is 1.16 bits per heavy atom. The van der Waals surface area contributed by atoms with Gasteiger partial charge >= 0.3 is 0 Å². The lowest BCUT2D eigenvalue weighted by Crippen LogP contribution is -2.21. The molecule has 3 aromatic rings. The van der Waals surface area contributed by atoms with Gasteiger partial charge in [-0.15, -0.1) is 10.2 Å². The molecule has 0 saturated heterocycles. The van der Waals surface area contributed by atoms with Gasteiger partial charge in [0.1, 0.15) is 12.4 Å². The standard InChI is InChI=1S/C22H24ClN5O2S/c1-15(27(2)3)21-25-26-22(28(21)18-8-6-17(23)7-9-18)31-14-19(29)13-30-20-10-4-16(12-24)5-11-20/h4-11,15,19,29H,13-14H2,1-3H3. The highest BCUT2D eigenvalue weighted by molar-refractivity contribution is 7.99. The molecule has 2 unspecified atom stereocenters. The molecule has 7 nitrogen and oxygen atoms in total. The molecule has 9 heteroatoms. The van der Waals surface area contributed by atoms with Gasteiger partial charge in [-0.05, 0) is 69.6 Å². The first-order chi connectivity index (χ1) is 14.9. The molecule has 0 aliphatic carbocycles. The van der Waals surface area contributed by atoms with Crippen molar-refractivity contribution in [1.29, 1.82) is 5.26 Å². The van der Waals surface area contributed by atoms with E-state index in [2.05, 4.69) is 28.1 Å². The molecule has 0 aliphatic rings. The third-order valence-corrected chi connectivity index (χ3v) is 6.05. The molecule has 0 radical (unpaired) electrons. The molecule has 1 aromatic heterocycles. The van der Waals surface area contributed by atoms with Gasteiger partial charge in [-0.2, -0.15) is 5.26 Å². The number of nitriles is 1. The fraction of sp³-hybridized carbons (Fsp3) is 0.318. The van der Waals surface area contributed by atoms with Crippen molar-refractivity contribution >= 4 is 23.4 Å². The third-order valence-electron chi connectivity index (χ3n) is 4.72. The molecule has 0 saturated carbocycles. The first-order valence-electron chi connectivity index (χ1n) is 9.70. The van der Waals surface area contributed by atoms with E-state index >= 15 is 0 Å². The molecule has 2 aromatic carbocycles. The minimum absolute atomic E-state index is 0.0437. The smallest absolute Gasteiger partial charge is 0.195 e. The van der Waals surface area contributed by atoms with Gasteiger partial charge in [0.25, 0.3) is 0 Å². The Morgan fingerprint density at radius 2 is 1.84 bits per heavy atom. The highest BCUT2D eigenvalue weighted by Gasteiger charge is 2.21. The molecule has 0 aliphatic heterocycles. The predicted octanol–water partition coefficient (Wildman–Crippen LogP) is 3.95. The van der Waals surface area contributed by atoms with Crippen molar-refractivity contribution in [2.45, 2.75) is 24.2 Å². The van der Waals surface area contributed by atoms with Crippen LogP contribution >= 0.6 is 23.4 Å². The van der Waals surface area contributed by atoms with Crippen molar-refractivity contribution in [3.63, 3.8) is 0 Å². The zero-order chi connectivity index (χ0) is 22.4. The number of rotatable bonds is 9. The number of hydrogen-bond donors (Lipinski definition) is 1. The van der Waals surface area contributed by atoms with E-state index in [4.69, 9.17) is 21.6 Å². The van der Waals surface area contributed by atoms with E-state index in [1.54, 1.807) is 24.3 Å². The van der Waals surface area contributed by atoms with Gasteiger partial charge in [-0.3, -0.25) is 9.47 Å². The largest absolute Gasteiger partial charge is 0.491 e. The fourth-order valence-corrected chi connectivity index (χ4v) is 3.74. The summed E-state index contributed by atoms with van der Waals surface area (Å²) in [6.45, 7) is 2.19. The maximum atomic E-state index is 10.4. The SMILES string of the molecule is CC(c1nnc(SCC(O)COc2ccc(C#N)cc2)n1-c1ccc(Cl)cc1)N(C)C. The van der Waals surface area contributed by atoms with Crippen LogP contribution in [0, 0.1) is 11.3 Å². The number of nitrogens with zero attached hydrogens (tertiary/aromatic N) is 5. The van der Waals surface area contributed by atoms with Crippen molar-refractivity contribution < 1.29 is 9.84 Å². The van der Waals surface area contributed by atoms with E-state index in [9.17, 15) is 5.11 Å². The topological polar surface area (TPSA) is 87.2 Å². The average Bonchev–Trinajstić information content (AvgIpc) is 3.20. The molecule has 1 heterocycles. The molecule has 162 valence electrons. The van der Waals surface area contributed by atoms with Crippen molar-refractivity contribution in [2.75, 3.05) is 26.5 Å². The summed E-state index contributed by atoms with van der Waals surface area (Å²) in [5.41, 5.74) is 1.47. The maximum Gasteiger partial charge on any atom is 0.195 e. The van der Waals surface area contributed by atoms with Crippen LogP contribution in [0.2, 0.25) is 5.02 Å². The van der Waals surface area contributed by atoms with Crippen LogP contribution in [0.25, 0.3) is 5.69 Å². The van der Waals surface area contributed by atoms with Gasteiger partial charge in [-0.25, -0.2) is 0 Å². The normalized spacial score (nSPS) is 13.1. The van der Waals surface area contributed by atoms with Gasteiger partial charge < -0.3 is 9.84 Å². The summed E-state index contributed by atoms with van der Waals surface area (Å²) in [5, 5.41) is 29.4. The summed E-state index contributed by atoms with van der Waals surface area (Å²) < 4.78 is 7.61. The highest BCUT2D eigenvalue weighted by atomic mass is 35.5. The van der Waals surface area contributed by atoms with Gasteiger partial charge in [-0.1, -0.05) is 23.4 Å². The molecule has 31 heavy (non-hydrogen) atoms. The molecule has 0 fully saturated rings. The van der Waals surface area contributed by atoms with Crippen molar-refractivity contribution in [2.24, 2.45) is 0 Å². The molecule has 0 spiro atoms. The Hall–Kier alpha value is -2.57. The second-order valence-corrected chi connectivity index (χ2v) is 8.63. The predicted molar refractivity (Wildman–Crippen MR) is 122 cm³/mol. The zero-order valence-electron chi connectivity index (χ0n) is 17.6. The number of aliphatic hydroxyl groups is 1. The summed E-state index contributed by atoms with van der Waals surface area (Å²) in [6, 6.07) is 16.4. The Balaban J connectivity index is 1.70. The van der Waals surface area contributed by atoms with Crippen LogP contribution < -0.4 is 4.74 Å². The Morgan fingerprint density at radius 3 is 2.45 bits per heavy atom. The Kier molecular flexibility index (Phi) is 7.93. The first kappa shape index (κ1) is 23.1. The maximum absolute atomic E-state index is 10.4. The molecule has 3 rings (SSSR count). The zero-order valence-corrected chi connectivity index (χ0v) is 19.1. The summed E-state index contributed by atoms with van der Waals surface area (Å²) in [5.74, 6) is 1.80. The first-order valence-corrected chi connectivity index (χ1v) is 11.1. The van der Waals surface area contributed by atoms with Crippen LogP contribution in [-0.4, -0.2) is 57.3 Å². The van der Waals surface area contributed by atoms with Crippen molar-refractivity contribution in [3.8, 4) is 17.5 Å². The molecule has 0 amide bonds. The number of thioether (sulfide) groups is 1. The van der Waals surface area contributed by atoms with Gasteiger partial charge in [0.05, 0.1) is 23.8 Å².